The van der Waals surface area contributed by atoms with Crippen LogP contribution in [0.1, 0.15) is 51.9 Å². The summed E-state index contributed by atoms with van der Waals surface area (Å²) in [5, 5.41) is 3.32. The average molecular weight is 340 g/mol. The van der Waals surface area contributed by atoms with Crippen molar-refractivity contribution in [3.8, 4) is 0 Å². The molecule has 0 aromatic rings. The Hall–Kier alpha value is 0.120. The van der Waals surface area contributed by atoms with Crippen LogP contribution in [-0.2, 0) is 10.2 Å². The Balaban J connectivity index is 0.00000220. The number of rotatable bonds is 5. The lowest BCUT2D eigenvalue weighted by Gasteiger charge is -2.36. The van der Waals surface area contributed by atoms with E-state index in [1.54, 1.807) is 11.4 Å². The maximum atomic E-state index is 12.4. The molecule has 21 heavy (non-hydrogen) atoms. The van der Waals surface area contributed by atoms with E-state index in [9.17, 15) is 8.42 Å². The van der Waals surface area contributed by atoms with Gasteiger partial charge in [0.15, 0.2) is 0 Å². The van der Waals surface area contributed by atoms with Crippen molar-refractivity contribution in [3.63, 3.8) is 0 Å². The van der Waals surface area contributed by atoms with Gasteiger partial charge in [0.2, 0.25) is 0 Å². The monoisotopic (exact) mass is 339 g/mol. The fourth-order valence-corrected chi connectivity index (χ4v) is 4.55. The second-order valence-electron chi connectivity index (χ2n) is 6.69. The van der Waals surface area contributed by atoms with E-state index in [4.69, 9.17) is 0 Å². The van der Waals surface area contributed by atoms with Crippen molar-refractivity contribution in [1.82, 2.24) is 14.3 Å². The lowest BCUT2D eigenvalue weighted by molar-refractivity contribution is 0.227. The molecule has 1 aliphatic carbocycles. The summed E-state index contributed by atoms with van der Waals surface area (Å²) in [5.74, 6) is 0. The third kappa shape index (κ3) is 5.36. The van der Waals surface area contributed by atoms with E-state index < -0.39 is 10.2 Å². The molecule has 0 radical (unpaired) electrons. The highest BCUT2D eigenvalue weighted by Gasteiger charge is 2.31. The Morgan fingerprint density at radius 3 is 2.33 bits per heavy atom. The molecule has 1 aliphatic heterocycles. The molecular weight excluding hydrogens is 310 g/mol. The Kier molecular flexibility index (Phi) is 7.40. The van der Waals surface area contributed by atoms with Gasteiger partial charge in [-0.25, -0.2) is 4.72 Å². The van der Waals surface area contributed by atoms with Crippen LogP contribution in [0.4, 0.5) is 0 Å². The molecule has 7 heteroatoms. The van der Waals surface area contributed by atoms with Gasteiger partial charge in [-0.3, -0.25) is 0 Å². The van der Waals surface area contributed by atoms with Crippen molar-refractivity contribution in [2.75, 3.05) is 26.7 Å². The molecule has 126 valence electrons. The van der Waals surface area contributed by atoms with Crippen LogP contribution in [0.3, 0.4) is 0 Å². The first-order valence-corrected chi connectivity index (χ1v) is 9.30. The molecule has 0 atom stereocenters. The highest BCUT2D eigenvalue weighted by Crippen LogP contribution is 2.28. The summed E-state index contributed by atoms with van der Waals surface area (Å²) >= 11 is 0. The van der Waals surface area contributed by atoms with Gasteiger partial charge in [-0.05, 0) is 44.2 Å². The number of piperidine rings is 1. The molecule has 2 rings (SSSR count). The summed E-state index contributed by atoms with van der Waals surface area (Å²) in [4.78, 5) is 0. The Labute approximate surface area is 135 Å². The summed E-state index contributed by atoms with van der Waals surface area (Å²) < 4.78 is 29.2. The first-order valence-electron chi connectivity index (χ1n) is 7.86. The summed E-state index contributed by atoms with van der Waals surface area (Å²) in [6.45, 7) is 4.69. The predicted molar refractivity (Wildman–Crippen MR) is 89.0 cm³/mol. The number of nitrogens with one attached hydrogen (secondary N) is 2. The van der Waals surface area contributed by atoms with Crippen LogP contribution < -0.4 is 10.0 Å². The highest BCUT2D eigenvalue weighted by molar-refractivity contribution is 7.87. The van der Waals surface area contributed by atoms with Gasteiger partial charge in [0.05, 0.1) is 0 Å². The Morgan fingerprint density at radius 2 is 1.76 bits per heavy atom. The van der Waals surface area contributed by atoms with Gasteiger partial charge < -0.3 is 5.32 Å². The fourth-order valence-electron chi connectivity index (χ4n) is 3.22. The van der Waals surface area contributed by atoms with Crippen molar-refractivity contribution >= 4 is 22.6 Å². The van der Waals surface area contributed by atoms with Crippen LogP contribution in [-0.4, -0.2) is 45.4 Å². The third-order valence-corrected chi connectivity index (χ3v) is 6.53. The van der Waals surface area contributed by atoms with Gasteiger partial charge in [-0.1, -0.05) is 26.2 Å². The summed E-state index contributed by atoms with van der Waals surface area (Å²) in [6.07, 6.45) is 7.59. The normalized spacial score (nSPS) is 23.8. The van der Waals surface area contributed by atoms with Crippen LogP contribution in [0.2, 0.25) is 0 Å². The van der Waals surface area contributed by atoms with E-state index in [1.165, 1.54) is 6.42 Å². The lowest BCUT2D eigenvalue weighted by Crippen LogP contribution is -2.49. The van der Waals surface area contributed by atoms with Crippen LogP contribution in [0.15, 0.2) is 0 Å². The molecule has 0 aromatic heterocycles. The molecule has 0 bridgehead atoms. The lowest BCUT2D eigenvalue weighted by atomic mass is 9.81. The number of hydrogen-bond acceptors (Lipinski definition) is 3. The zero-order valence-corrected chi connectivity index (χ0v) is 14.9. The number of hydrogen-bond donors (Lipinski definition) is 2. The van der Waals surface area contributed by atoms with Crippen molar-refractivity contribution in [2.24, 2.45) is 5.41 Å². The second kappa shape index (κ2) is 8.11. The van der Waals surface area contributed by atoms with E-state index in [1.807, 2.05) is 0 Å². The maximum absolute atomic E-state index is 12.4. The summed E-state index contributed by atoms with van der Waals surface area (Å²) in [6, 6.07) is 0.182. The van der Waals surface area contributed by atoms with Gasteiger partial charge in [0.1, 0.15) is 0 Å². The zero-order chi connectivity index (χ0) is 14.6. The minimum absolute atomic E-state index is 0. The van der Waals surface area contributed by atoms with Crippen molar-refractivity contribution in [2.45, 2.75) is 57.9 Å². The van der Waals surface area contributed by atoms with E-state index in [0.717, 1.165) is 51.6 Å². The zero-order valence-electron chi connectivity index (χ0n) is 13.2. The molecule has 0 aromatic carbocycles. The second-order valence-corrected chi connectivity index (χ2v) is 8.51. The molecule has 1 saturated carbocycles. The SMILES string of the molecule is CN(C1CCCCC1)S(=O)(=O)NCC1(C)CCNCC1.Cl. The molecule has 1 heterocycles. The largest absolute Gasteiger partial charge is 0.317 e. The summed E-state index contributed by atoms with van der Waals surface area (Å²) in [7, 11) is -1.61. The maximum Gasteiger partial charge on any atom is 0.279 e. The molecule has 5 nitrogen and oxygen atoms in total. The molecule has 1 saturated heterocycles. The first-order chi connectivity index (χ1) is 9.43. The van der Waals surface area contributed by atoms with Gasteiger partial charge in [-0.15, -0.1) is 12.4 Å². The highest BCUT2D eigenvalue weighted by atomic mass is 35.5. The summed E-state index contributed by atoms with van der Waals surface area (Å²) in [5.41, 5.74) is 0.0890. The quantitative estimate of drug-likeness (QED) is 0.804. The van der Waals surface area contributed by atoms with E-state index in [-0.39, 0.29) is 23.9 Å². The van der Waals surface area contributed by atoms with Gasteiger partial charge in [0.25, 0.3) is 10.2 Å². The molecule has 0 spiro atoms. The minimum Gasteiger partial charge on any atom is -0.317 e. The predicted octanol–water partition coefficient (Wildman–Crippen LogP) is 1.90. The van der Waals surface area contributed by atoms with Gasteiger partial charge >= 0.3 is 0 Å². The van der Waals surface area contributed by atoms with E-state index >= 15 is 0 Å². The van der Waals surface area contributed by atoms with Crippen LogP contribution in [0.25, 0.3) is 0 Å². The third-order valence-electron chi connectivity index (χ3n) is 4.96. The molecule has 2 aliphatic rings. The first kappa shape index (κ1) is 19.2. The number of halogens is 1. The van der Waals surface area contributed by atoms with Crippen LogP contribution in [0.5, 0.6) is 0 Å². The topological polar surface area (TPSA) is 61.4 Å². The molecule has 2 N–H and O–H groups in total. The van der Waals surface area contributed by atoms with Crippen molar-refractivity contribution in [3.05, 3.63) is 0 Å². The molecule has 2 fully saturated rings. The standard InChI is InChI=1S/C14H29N3O2S.ClH/c1-14(8-10-15-11-9-14)12-16-20(18,19)17(2)13-6-4-3-5-7-13;/h13,15-16H,3-12H2,1-2H3;1H. The van der Waals surface area contributed by atoms with Crippen molar-refractivity contribution < 1.29 is 8.42 Å². The number of nitrogens with zero attached hydrogens (tertiary/aromatic N) is 1. The van der Waals surface area contributed by atoms with Gasteiger partial charge in [-0.2, -0.15) is 12.7 Å². The smallest absolute Gasteiger partial charge is 0.279 e. The van der Waals surface area contributed by atoms with Crippen molar-refractivity contribution in [1.29, 1.82) is 0 Å². The average Bonchev–Trinajstić information content (AvgIpc) is 2.46. The van der Waals surface area contributed by atoms with Crippen LogP contribution in [0, 0.1) is 5.41 Å². The van der Waals surface area contributed by atoms with Gasteiger partial charge in [0, 0.05) is 19.6 Å². The van der Waals surface area contributed by atoms with Crippen LogP contribution >= 0.6 is 12.4 Å². The van der Waals surface area contributed by atoms with E-state index in [2.05, 4.69) is 17.0 Å². The molecule has 0 unspecified atom stereocenters. The Morgan fingerprint density at radius 1 is 1.19 bits per heavy atom. The fraction of sp³-hybridized carbons (Fsp3) is 1.00. The molecular formula is C14H30ClN3O2S. The van der Waals surface area contributed by atoms with E-state index in [0.29, 0.717) is 6.54 Å². The molecule has 0 amide bonds. The Bertz CT molecular complexity index is 404. The minimum atomic E-state index is -3.33.